The fraction of sp³-hybridized carbons (Fsp3) is 0.545. The van der Waals surface area contributed by atoms with Gasteiger partial charge in [0.15, 0.2) is 10.8 Å². The molecule has 4 nitrogen and oxygen atoms in total. The Labute approximate surface area is 109 Å². The van der Waals surface area contributed by atoms with Crippen molar-refractivity contribution in [1.82, 2.24) is 15.0 Å². The summed E-state index contributed by atoms with van der Waals surface area (Å²) in [5.74, 6) is 0. The van der Waals surface area contributed by atoms with Crippen molar-refractivity contribution < 1.29 is 0 Å². The molecule has 0 unspecified atom stereocenters. The van der Waals surface area contributed by atoms with Gasteiger partial charge in [-0.1, -0.05) is 36.4 Å². The van der Waals surface area contributed by atoms with E-state index >= 15 is 0 Å². The zero-order chi connectivity index (χ0) is 11.7. The lowest BCUT2D eigenvalue weighted by atomic mass is 10.2. The molecule has 1 fully saturated rings. The highest BCUT2D eigenvalue weighted by molar-refractivity contribution is 7.71. The standard InChI is InChI=1S/C11H14N4S2/c16-10-8-9(12-7-13-10)14-11(17-8)15-5-3-1-2-4-6-15/h7H,1-6H2,(H,12,13,16). The quantitative estimate of drug-likeness (QED) is 0.805. The Morgan fingerprint density at radius 2 is 2.00 bits per heavy atom. The number of aromatic nitrogens is 3. The molecule has 0 bridgehead atoms. The van der Waals surface area contributed by atoms with Crippen LogP contribution in [0, 0.1) is 4.64 Å². The Morgan fingerprint density at radius 1 is 1.24 bits per heavy atom. The van der Waals surface area contributed by atoms with E-state index in [9.17, 15) is 0 Å². The average molecular weight is 266 g/mol. The summed E-state index contributed by atoms with van der Waals surface area (Å²) >= 11 is 6.87. The Bertz CT molecular complexity index is 566. The van der Waals surface area contributed by atoms with Gasteiger partial charge in [0.2, 0.25) is 0 Å². The minimum absolute atomic E-state index is 0.650. The molecule has 1 saturated heterocycles. The van der Waals surface area contributed by atoms with E-state index in [0.717, 1.165) is 28.6 Å². The van der Waals surface area contributed by atoms with Crippen LogP contribution in [0.3, 0.4) is 0 Å². The van der Waals surface area contributed by atoms with Gasteiger partial charge in [-0.05, 0) is 12.8 Å². The van der Waals surface area contributed by atoms with Gasteiger partial charge in [-0.3, -0.25) is 0 Å². The van der Waals surface area contributed by atoms with Crippen LogP contribution >= 0.6 is 23.6 Å². The van der Waals surface area contributed by atoms with Crippen LogP contribution in [0.15, 0.2) is 6.33 Å². The van der Waals surface area contributed by atoms with Crippen LogP contribution < -0.4 is 4.90 Å². The second-order valence-corrected chi connectivity index (χ2v) is 5.65. The van der Waals surface area contributed by atoms with E-state index in [1.54, 1.807) is 17.7 Å². The molecule has 17 heavy (non-hydrogen) atoms. The summed E-state index contributed by atoms with van der Waals surface area (Å²) in [7, 11) is 0. The lowest BCUT2D eigenvalue weighted by Gasteiger charge is -2.18. The molecular formula is C11H14N4S2. The van der Waals surface area contributed by atoms with Crippen molar-refractivity contribution in [2.24, 2.45) is 0 Å². The number of fused-ring (bicyclic) bond motifs is 1. The molecule has 90 valence electrons. The molecule has 0 amide bonds. The van der Waals surface area contributed by atoms with Gasteiger partial charge in [-0.15, -0.1) is 0 Å². The Balaban J connectivity index is 1.99. The SMILES string of the molecule is S=c1nc[nH]c2nc(N3CCCCCC3)sc12. The molecule has 3 heterocycles. The van der Waals surface area contributed by atoms with Crippen LogP contribution in [0.25, 0.3) is 10.3 Å². The summed E-state index contributed by atoms with van der Waals surface area (Å²) < 4.78 is 1.65. The molecule has 2 aromatic rings. The lowest BCUT2D eigenvalue weighted by molar-refractivity contribution is 0.726. The Kier molecular flexibility index (Phi) is 3.07. The third-order valence-electron chi connectivity index (χ3n) is 3.07. The summed E-state index contributed by atoms with van der Waals surface area (Å²) in [5.41, 5.74) is 0.870. The van der Waals surface area contributed by atoms with E-state index < -0.39 is 0 Å². The lowest BCUT2D eigenvalue weighted by Crippen LogP contribution is -2.23. The number of hydrogen-bond acceptors (Lipinski definition) is 5. The molecule has 1 N–H and O–H groups in total. The minimum Gasteiger partial charge on any atom is -0.348 e. The first-order chi connectivity index (χ1) is 8.34. The third kappa shape index (κ3) is 2.19. The monoisotopic (exact) mass is 266 g/mol. The van der Waals surface area contributed by atoms with Gasteiger partial charge in [-0.2, -0.15) is 0 Å². The third-order valence-corrected chi connectivity index (χ3v) is 4.63. The van der Waals surface area contributed by atoms with E-state index in [1.807, 2.05) is 0 Å². The first kappa shape index (κ1) is 11.1. The molecule has 0 radical (unpaired) electrons. The topological polar surface area (TPSA) is 44.8 Å². The van der Waals surface area contributed by atoms with Crippen molar-refractivity contribution in [3.8, 4) is 0 Å². The number of H-pyrrole nitrogens is 1. The van der Waals surface area contributed by atoms with Crippen molar-refractivity contribution >= 4 is 39.0 Å². The van der Waals surface area contributed by atoms with Crippen LogP contribution in [-0.2, 0) is 0 Å². The molecule has 1 aliphatic rings. The largest absolute Gasteiger partial charge is 0.348 e. The number of hydrogen-bond donors (Lipinski definition) is 1. The van der Waals surface area contributed by atoms with Crippen LogP contribution in [0.5, 0.6) is 0 Å². The molecule has 0 atom stereocenters. The zero-order valence-electron chi connectivity index (χ0n) is 9.48. The molecule has 0 aromatic carbocycles. The minimum atomic E-state index is 0.650. The summed E-state index contributed by atoms with van der Waals surface area (Å²) in [4.78, 5) is 14.2. The maximum absolute atomic E-state index is 5.22. The second-order valence-electron chi connectivity index (χ2n) is 4.28. The van der Waals surface area contributed by atoms with E-state index in [4.69, 9.17) is 12.2 Å². The highest BCUT2D eigenvalue weighted by Gasteiger charge is 2.14. The van der Waals surface area contributed by atoms with Gasteiger partial charge in [0.05, 0.1) is 6.33 Å². The zero-order valence-corrected chi connectivity index (χ0v) is 11.1. The number of anilines is 1. The number of nitrogens with zero attached hydrogens (tertiary/aromatic N) is 3. The predicted octanol–water partition coefficient (Wildman–Crippen LogP) is 3.13. The molecule has 0 saturated carbocycles. The van der Waals surface area contributed by atoms with Crippen LogP contribution in [0.1, 0.15) is 25.7 Å². The normalized spacial score (nSPS) is 17.3. The van der Waals surface area contributed by atoms with E-state index in [1.165, 1.54) is 25.7 Å². The fourth-order valence-electron chi connectivity index (χ4n) is 2.16. The van der Waals surface area contributed by atoms with Gasteiger partial charge in [-0.25, -0.2) is 9.97 Å². The van der Waals surface area contributed by atoms with Crippen molar-refractivity contribution in [2.75, 3.05) is 18.0 Å². The molecule has 0 aliphatic carbocycles. The predicted molar refractivity (Wildman–Crippen MR) is 73.3 cm³/mol. The summed E-state index contributed by atoms with van der Waals surface area (Å²) in [6.45, 7) is 2.22. The summed E-state index contributed by atoms with van der Waals surface area (Å²) in [5, 5.41) is 1.08. The highest BCUT2D eigenvalue weighted by Crippen LogP contribution is 2.29. The maximum Gasteiger partial charge on any atom is 0.188 e. The number of rotatable bonds is 1. The Hall–Kier alpha value is -1.01. The van der Waals surface area contributed by atoms with E-state index in [-0.39, 0.29) is 0 Å². The summed E-state index contributed by atoms with van der Waals surface area (Å²) in [6.07, 6.45) is 6.82. The molecule has 6 heteroatoms. The molecule has 1 aliphatic heterocycles. The second kappa shape index (κ2) is 4.70. The molecule has 3 rings (SSSR count). The smallest absolute Gasteiger partial charge is 0.188 e. The Morgan fingerprint density at radius 3 is 2.71 bits per heavy atom. The number of aromatic amines is 1. The number of nitrogens with one attached hydrogen (secondary N) is 1. The van der Waals surface area contributed by atoms with E-state index in [0.29, 0.717) is 4.64 Å². The van der Waals surface area contributed by atoms with Gasteiger partial charge in [0.25, 0.3) is 0 Å². The van der Waals surface area contributed by atoms with Gasteiger partial charge in [0.1, 0.15) is 9.34 Å². The van der Waals surface area contributed by atoms with Crippen molar-refractivity contribution in [2.45, 2.75) is 25.7 Å². The molecular weight excluding hydrogens is 252 g/mol. The van der Waals surface area contributed by atoms with Gasteiger partial charge >= 0.3 is 0 Å². The van der Waals surface area contributed by atoms with Crippen molar-refractivity contribution in [1.29, 1.82) is 0 Å². The van der Waals surface area contributed by atoms with Crippen molar-refractivity contribution in [3.05, 3.63) is 11.0 Å². The first-order valence-electron chi connectivity index (χ1n) is 5.94. The van der Waals surface area contributed by atoms with Crippen LogP contribution in [0.2, 0.25) is 0 Å². The highest BCUT2D eigenvalue weighted by atomic mass is 32.1. The number of thiazole rings is 1. The van der Waals surface area contributed by atoms with Crippen LogP contribution in [0.4, 0.5) is 5.13 Å². The molecule has 0 spiro atoms. The molecule has 2 aromatic heterocycles. The fourth-order valence-corrected chi connectivity index (χ4v) is 3.41. The van der Waals surface area contributed by atoms with E-state index in [2.05, 4.69) is 19.9 Å². The van der Waals surface area contributed by atoms with Gasteiger partial charge < -0.3 is 9.88 Å². The maximum atomic E-state index is 5.22. The van der Waals surface area contributed by atoms with Crippen LogP contribution in [-0.4, -0.2) is 28.0 Å². The van der Waals surface area contributed by atoms with Crippen molar-refractivity contribution in [3.63, 3.8) is 0 Å². The summed E-state index contributed by atoms with van der Waals surface area (Å²) in [6, 6.07) is 0. The van der Waals surface area contributed by atoms with Gasteiger partial charge in [0, 0.05) is 13.1 Å². The average Bonchev–Trinajstić information content (AvgIpc) is 2.59. The first-order valence-corrected chi connectivity index (χ1v) is 7.16.